The third kappa shape index (κ3) is 4.29. The molecule has 1 heterocycles. The van der Waals surface area contributed by atoms with Crippen molar-refractivity contribution in [2.45, 2.75) is 32.8 Å². The van der Waals surface area contributed by atoms with Crippen molar-refractivity contribution in [3.05, 3.63) is 29.8 Å². The number of amides is 2. The number of hydrogen-bond donors (Lipinski definition) is 1. The lowest BCUT2D eigenvalue weighted by Gasteiger charge is -2.32. The van der Waals surface area contributed by atoms with Crippen LogP contribution in [0.1, 0.15) is 37.0 Å². The summed E-state index contributed by atoms with van der Waals surface area (Å²) in [6.07, 6.45) is 2.07. The van der Waals surface area contributed by atoms with Gasteiger partial charge in [0.05, 0.1) is 6.10 Å². The second kappa shape index (κ2) is 7.22. The highest BCUT2D eigenvalue weighted by atomic mass is 16.5. The maximum atomic E-state index is 12.3. The Morgan fingerprint density at radius 2 is 2.24 bits per heavy atom. The average Bonchev–Trinajstić information content (AvgIpc) is 2.48. The van der Waals surface area contributed by atoms with Crippen molar-refractivity contribution in [1.82, 2.24) is 4.90 Å². The first-order chi connectivity index (χ1) is 10.1. The molecule has 0 unspecified atom stereocenters. The van der Waals surface area contributed by atoms with Gasteiger partial charge in [-0.2, -0.15) is 0 Å². The zero-order valence-electron chi connectivity index (χ0n) is 12.6. The number of ketones is 1. The normalized spacial score (nSPS) is 18.4. The highest BCUT2D eigenvalue weighted by molar-refractivity contribution is 5.96. The molecule has 1 saturated heterocycles. The molecule has 1 atom stereocenters. The second-order valence-electron chi connectivity index (χ2n) is 5.23. The maximum absolute atomic E-state index is 12.3. The van der Waals surface area contributed by atoms with Crippen molar-refractivity contribution in [3.63, 3.8) is 0 Å². The van der Waals surface area contributed by atoms with Gasteiger partial charge in [-0.25, -0.2) is 4.79 Å². The first kappa shape index (κ1) is 15.5. The van der Waals surface area contributed by atoms with E-state index in [1.54, 1.807) is 29.2 Å². The number of hydrogen-bond acceptors (Lipinski definition) is 3. The second-order valence-corrected chi connectivity index (χ2v) is 5.23. The first-order valence-corrected chi connectivity index (χ1v) is 7.38. The van der Waals surface area contributed by atoms with Gasteiger partial charge in [-0.3, -0.25) is 4.79 Å². The lowest BCUT2D eigenvalue weighted by atomic mass is 10.1. The lowest BCUT2D eigenvalue weighted by molar-refractivity contribution is 0.0181. The summed E-state index contributed by atoms with van der Waals surface area (Å²) in [5.41, 5.74) is 1.24. The smallest absolute Gasteiger partial charge is 0.321 e. The third-order valence-corrected chi connectivity index (χ3v) is 3.59. The van der Waals surface area contributed by atoms with Crippen LogP contribution in [0, 0.1) is 0 Å². The number of urea groups is 1. The molecule has 2 amide bonds. The van der Waals surface area contributed by atoms with Gasteiger partial charge in [-0.1, -0.05) is 12.1 Å². The van der Waals surface area contributed by atoms with Crippen molar-refractivity contribution in [1.29, 1.82) is 0 Å². The number of benzene rings is 1. The molecule has 0 spiro atoms. The van der Waals surface area contributed by atoms with Gasteiger partial charge in [0.2, 0.25) is 0 Å². The van der Waals surface area contributed by atoms with E-state index >= 15 is 0 Å². The molecule has 1 aliphatic rings. The predicted molar refractivity (Wildman–Crippen MR) is 81.7 cm³/mol. The molecule has 5 heteroatoms. The molecule has 2 rings (SSSR count). The van der Waals surface area contributed by atoms with Crippen LogP contribution in [0.3, 0.4) is 0 Å². The van der Waals surface area contributed by atoms with Gasteiger partial charge in [-0.05, 0) is 38.8 Å². The van der Waals surface area contributed by atoms with E-state index in [-0.39, 0.29) is 17.9 Å². The van der Waals surface area contributed by atoms with Crippen molar-refractivity contribution in [3.8, 4) is 0 Å². The summed E-state index contributed by atoms with van der Waals surface area (Å²) in [5.74, 6) is -0.0134. The molecule has 1 aliphatic heterocycles. The topological polar surface area (TPSA) is 58.6 Å². The van der Waals surface area contributed by atoms with Crippen LogP contribution in [0.2, 0.25) is 0 Å². The van der Waals surface area contributed by atoms with Gasteiger partial charge < -0.3 is 15.0 Å². The SMILES string of the molecule is CCO[C@H]1CCCN(C(=O)Nc2cccc(C(C)=O)c2)C1. The number of nitrogens with one attached hydrogen (secondary N) is 1. The fraction of sp³-hybridized carbons (Fsp3) is 0.500. The van der Waals surface area contributed by atoms with Crippen molar-refractivity contribution in [2.75, 3.05) is 25.0 Å². The Morgan fingerprint density at radius 3 is 2.95 bits per heavy atom. The Kier molecular flexibility index (Phi) is 5.33. The number of piperidine rings is 1. The highest BCUT2D eigenvalue weighted by Gasteiger charge is 2.23. The lowest BCUT2D eigenvalue weighted by Crippen LogP contribution is -2.45. The number of anilines is 1. The summed E-state index contributed by atoms with van der Waals surface area (Å²) in [5, 5.41) is 2.85. The van der Waals surface area contributed by atoms with E-state index in [1.807, 2.05) is 6.92 Å². The van der Waals surface area contributed by atoms with E-state index in [1.165, 1.54) is 6.92 Å². The van der Waals surface area contributed by atoms with Crippen LogP contribution in [0.15, 0.2) is 24.3 Å². The molecule has 5 nitrogen and oxygen atoms in total. The van der Waals surface area contributed by atoms with Crippen LogP contribution in [0.25, 0.3) is 0 Å². The number of likely N-dealkylation sites (tertiary alicyclic amines) is 1. The Morgan fingerprint density at radius 1 is 1.43 bits per heavy atom. The van der Waals surface area contributed by atoms with E-state index < -0.39 is 0 Å². The Hall–Kier alpha value is -1.88. The summed E-state index contributed by atoms with van der Waals surface area (Å²) in [6.45, 7) is 5.50. The molecular weight excluding hydrogens is 268 g/mol. The van der Waals surface area contributed by atoms with Gasteiger partial charge in [-0.15, -0.1) is 0 Å². The minimum atomic E-state index is -0.139. The first-order valence-electron chi connectivity index (χ1n) is 7.38. The van der Waals surface area contributed by atoms with Crippen molar-refractivity contribution >= 4 is 17.5 Å². The van der Waals surface area contributed by atoms with Gasteiger partial charge in [0.15, 0.2) is 5.78 Å². The largest absolute Gasteiger partial charge is 0.377 e. The molecule has 21 heavy (non-hydrogen) atoms. The van der Waals surface area contributed by atoms with E-state index in [0.29, 0.717) is 24.4 Å². The maximum Gasteiger partial charge on any atom is 0.321 e. The molecular formula is C16H22N2O3. The fourth-order valence-electron chi connectivity index (χ4n) is 2.51. The van der Waals surface area contributed by atoms with Crippen LogP contribution in [-0.2, 0) is 4.74 Å². The Bertz CT molecular complexity index is 514. The number of carbonyl (C=O) groups is 2. The number of carbonyl (C=O) groups excluding carboxylic acids is 2. The molecule has 0 saturated carbocycles. The minimum Gasteiger partial charge on any atom is -0.377 e. The molecule has 1 aromatic carbocycles. The summed E-state index contributed by atoms with van der Waals surface area (Å²) in [6, 6.07) is 6.86. The van der Waals surface area contributed by atoms with E-state index in [0.717, 1.165) is 19.4 Å². The van der Waals surface area contributed by atoms with Crippen LogP contribution in [-0.4, -0.2) is 42.5 Å². The minimum absolute atomic E-state index is 0.0134. The molecule has 1 fully saturated rings. The van der Waals surface area contributed by atoms with Crippen molar-refractivity contribution < 1.29 is 14.3 Å². The number of rotatable bonds is 4. The standard InChI is InChI=1S/C16H22N2O3/c1-3-21-15-8-5-9-18(11-15)16(20)17-14-7-4-6-13(10-14)12(2)19/h4,6-7,10,15H,3,5,8-9,11H2,1-2H3,(H,17,20)/t15-/m0/s1. The van der Waals surface area contributed by atoms with E-state index in [2.05, 4.69) is 5.32 Å². The van der Waals surface area contributed by atoms with Crippen LogP contribution >= 0.6 is 0 Å². The van der Waals surface area contributed by atoms with Gasteiger partial charge in [0.1, 0.15) is 0 Å². The Balaban J connectivity index is 1.97. The number of Topliss-reactive ketones (excluding diaryl/α,β-unsaturated/α-hetero) is 1. The van der Waals surface area contributed by atoms with Crippen LogP contribution in [0.4, 0.5) is 10.5 Å². The zero-order valence-corrected chi connectivity index (χ0v) is 12.6. The van der Waals surface area contributed by atoms with E-state index in [4.69, 9.17) is 4.74 Å². The monoisotopic (exact) mass is 290 g/mol. The third-order valence-electron chi connectivity index (χ3n) is 3.59. The molecule has 0 aliphatic carbocycles. The predicted octanol–water partition coefficient (Wildman–Crippen LogP) is 2.92. The molecule has 0 radical (unpaired) electrons. The zero-order chi connectivity index (χ0) is 15.2. The van der Waals surface area contributed by atoms with Gasteiger partial charge in [0, 0.05) is 30.9 Å². The summed E-state index contributed by atoms with van der Waals surface area (Å²) >= 11 is 0. The molecule has 1 N–H and O–H groups in total. The quantitative estimate of drug-likeness (QED) is 0.867. The summed E-state index contributed by atoms with van der Waals surface area (Å²) in [4.78, 5) is 25.4. The Labute approximate surface area is 125 Å². The van der Waals surface area contributed by atoms with Crippen LogP contribution in [0.5, 0.6) is 0 Å². The molecule has 0 bridgehead atoms. The summed E-state index contributed by atoms with van der Waals surface area (Å²) in [7, 11) is 0. The molecule has 114 valence electrons. The molecule has 1 aromatic rings. The number of ether oxygens (including phenoxy) is 1. The van der Waals surface area contributed by atoms with Crippen molar-refractivity contribution in [2.24, 2.45) is 0 Å². The van der Waals surface area contributed by atoms with Gasteiger partial charge in [0.25, 0.3) is 0 Å². The highest BCUT2D eigenvalue weighted by Crippen LogP contribution is 2.16. The fourth-order valence-corrected chi connectivity index (χ4v) is 2.51. The number of nitrogens with zero attached hydrogens (tertiary/aromatic N) is 1. The average molecular weight is 290 g/mol. The molecule has 0 aromatic heterocycles. The van der Waals surface area contributed by atoms with Gasteiger partial charge >= 0.3 is 6.03 Å². The summed E-state index contributed by atoms with van der Waals surface area (Å²) < 4.78 is 5.60. The van der Waals surface area contributed by atoms with E-state index in [9.17, 15) is 9.59 Å². The van der Waals surface area contributed by atoms with Crippen LogP contribution < -0.4 is 5.32 Å².